The van der Waals surface area contributed by atoms with Crippen molar-refractivity contribution in [3.63, 3.8) is 0 Å². The summed E-state index contributed by atoms with van der Waals surface area (Å²) in [7, 11) is 3.71. The number of carbonyl (C=O) groups is 1. The summed E-state index contributed by atoms with van der Waals surface area (Å²) in [4.78, 5) is 14.1. The molecular formula is C17H27FN2O2. The summed E-state index contributed by atoms with van der Waals surface area (Å²) >= 11 is 0. The first-order chi connectivity index (χ1) is 10.5. The second-order valence-electron chi connectivity index (χ2n) is 5.63. The number of ether oxygens (including phenoxy) is 1. The minimum Gasteiger partial charge on any atom is -0.383 e. The summed E-state index contributed by atoms with van der Waals surface area (Å²) in [6, 6.07) is 6.62. The Balaban J connectivity index is 2.22. The Bertz CT molecular complexity index is 454. The molecule has 1 N–H and O–H groups in total. The second-order valence-corrected chi connectivity index (χ2v) is 5.63. The van der Waals surface area contributed by atoms with Crippen molar-refractivity contribution in [3.05, 3.63) is 35.6 Å². The maximum Gasteiger partial charge on any atom is 0.220 e. The normalized spacial score (nSPS) is 12.4. The van der Waals surface area contributed by atoms with E-state index in [1.54, 1.807) is 25.3 Å². The zero-order chi connectivity index (χ0) is 16.4. The van der Waals surface area contributed by atoms with Crippen LogP contribution in [0.25, 0.3) is 0 Å². The molecule has 0 aliphatic rings. The highest BCUT2D eigenvalue weighted by atomic mass is 19.1. The smallest absolute Gasteiger partial charge is 0.220 e. The van der Waals surface area contributed by atoms with E-state index >= 15 is 0 Å². The highest BCUT2D eigenvalue weighted by Gasteiger charge is 2.14. The predicted molar refractivity (Wildman–Crippen MR) is 86.4 cm³/mol. The summed E-state index contributed by atoms with van der Waals surface area (Å²) in [5, 5.41) is 2.89. The van der Waals surface area contributed by atoms with Crippen LogP contribution in [0.1, 0.15) is 31.2 Å². The van der Waals surface area contributed by atoms with Crippen molar-refractivity contribution in [2.75, 3.05) is 40.4 Å². The predicted octanol–water partition coefficient (Wildman–Crippen LogP) is 2.40. The Hall–Kier alpha value is -1.46. The summed E-state index contributed by atoms with van der Waals surface area (Å²) < 4.78 is 18.7. The van der Waals surface area contributed by atoms with Gasteiger partial charge in [-0.15, -0.1) is 0 Å². The van der Waals surface area contributed by atoms with Gasteiger partial charge in [-0.2, -0.15) is 0 Å². The van der Waals surface area contributed by atoms with Crippen LogP contribution < -0.4 is 5.32 Å². The number of hydrogen-bond donors (Lipinski definition) is 1. The lowest BCUT2D eigenvalue weighted by Gasteiger charge is -2.16. The van der Waals surface area contributed by atoms with Gasteiger partial charge in [-0.3, -0.25) is 4.79 Å². The molecule has 4 nitrogen and oxygen atoms in total. The summed E-state index contributed by atoms with van der Waals surface area (Å²) in [6.45, 7) is 5.01. The van der Waals surface area contributed by atoms with E-state index in [0.717, 1.165) is 19.5 Å². The first-order valence-electron chi connectivity index (χ1n) is 7.73. The van der Waals surface area contributed by atoms with E-state index in [9.17, 15) is 9.18 Å². The van der Waals surface area contributed by atoms with Gasteiger partial charge in [-0.25, -0.2) is 4.39 Å². The maximum absolute atomic E-state index is 13.6. The van der Waals surface area contributed by atoms with E-state index in [2.05, 4.69) is 10.2 Å². The quantitative estimate of drug-likeness (QED) is 0.675. The summed E-state index contributed by atoms with van der Waals surface area (Å²) in [5.74, 6) is -0.400. The Labute approximate surface area is 132 Å². The van der Waals surface area contributed by atoms with E-state index in [-0.39, 0.29) is 17.6 Å². The Morgan fingerprint density at radius 1 is 1.36 bits per heavy atom. The molecule has 0 radical (unpaired) electrons. The monoisotopic (exact) mass is 310 g/mol. The Morgan fingerprint density at radius 2 is 2.09 bits per heavy atom. The van der Waals surface area contributed by atoms with Crippen LogP contribution in [0.15, 0.2) is 24.3 Å². The zero-order valence-electron chi connectivity index (χ0n) is 13.8. The van der Waals surface area contributed by atoms with E-state index in [1.807, 2.05) is 14.0 Å². The lowest BCUT2D eigenvalue weighted by atomic mass is 9.97. The molecule has 0 aromatic heterocycles. The van der Waals surface area contributed by atoms with Crippen molar-refractivity contribution < 1.29 is 13.9 Å². The fourth-order valence-corrected chi connectivity index (χ4v) is 2.27. The maximum atomic E-state index is 13.6. The van der Waals surface area contributed by atoms with Crippen LogP contribution >= 0.6 is 0 Å². The van der Waals surface area contributed by atoms with Crippen molar-refractivity contribution >= 4 is 5.91 Å². The molecule has 5 heteroatoms. The molecule has 0 fully saturated rings. The molecule has 0 saturated heterocycles. The summed E-state index contributed by atoms with van der Waals surface area (Å²) in [5.41, 5.74) is 0.594. The van der Waals surface area contributed by atoms with Crippen LogP contribution in [0.2, 0.25) is 0 Å². The molecule has 1 atom stereocenters. The first-order valence-corrected chi connectivity index (χ1v) is 7.73. The number of carbonyl (C=O) groups excluding carboxylic acids is 1. The molecule has 1 rings (SSSR count). The molecule has 0 bridgehead atoms. The van der Waals surface area contributed by atoms with Crippen molar-refractivity contribution in [3.8, 4) is 0 Å². The zero-order valence-corrected chi connectivity index (χ0v) is 13.8. The van der Waals surface area contributed by atoms with Gasteiger partial charge >= 0.3 is 0 Å². The van der Waals surface area contributed by atoms with E-state index in [4.69, 9.17) is 4.74 Å². The first kappa shape index (κ1) is 18.6. The summed E-state index contributed by atoms with van der Waals surface area (Å²) in [6.07, 6.45) is 1.19. The van der Waals surface area contributed by atoms with Gasteiger partial charge in [0.15, 0.2) is 0 Å². The number of nitrogens with zero attached hydrogens (tertiary/aromatic N) is 1. The third kappa shape index (κ3) is 7.00. The van der Waals surface area contributed by atoms with Crippen LogP contribution in [0, 0.1) is 5.82 Å². The molecule has 22 heavy (non-hydrogen) atoms. The van der Waals surface area contributed by atoms with Gasteiger partial charge in [-0.05, 0) is 37.6 Å². The molecule has 1 aromatic rings. The Kier molecular flexibility index (Phi) is 8.70. The van der Waals surface area contributed by atoms with Crippen molar-refractivity contribution in [1.82, 2.24) is 10.2 Å². The average molecular weight is 310 g/mol. The average Bonchev–Trinajstić information content (AvgIpc) is 2.49. The van der Waals surface area contributed by atoms with Crippen LogP contribution in [-0.4, -0.2) is 51.2 Å². The number of nitrogens with one attached hydrogen (secondary N) is 1. The van der Waals surface area contributed by atoms with Crippen molar-refractivity contribution in [1.29, 1.82) is 0 Å². The number of halogens is 1. The molecule has 0 spiro atoms. The highest BCUT2D eigenvalue weighted by molar-refractivity contribution is 5.76. The molecule has 0 aliphatic carbocycles. The molecule has 1 aromatic carbocycles. The number of methoxy groups -OCH3 is 1. The van der Waals surface area contributed by atoms with Gasteiger partial charge in [0.1, 0.15) is 5.82 Å². The molecular weight excluding hydrogens is 283 g/mol. The topological polar surface area (TPSA) is 41.6 Å². The van der Waals surface area contributed by atoms with E-state index in [0.29, 0.717) is 25.1 Å². The van der Waals surface area contributed by atoms with Crippen LogP contribution in [-0.2, 0) is 9.53 Å². The number of rotatable bonds is 10. The van der Waals surface area contributed by atoms with Crippen molar-refractivity contribution in [2.45, 2.75) is 25.7 Å². The molecule has 1 unspecified atom stereocenters. The number of amides is 1. The van der Waals surface area contributed by atoms with Crippen LogP contribution in [0.5, 0.6) is 0 Å². The van der Waals surface area contributed by atoms with E-state index in [1.165, 1.54) is 6.07 Å². The van der Waals surface area contributed by atoms with Gasteiger partial charge in [0.25, 0.3) is 0 Å². The van der Waals surface area contributed by atoms with Gasteiger partial charge < -0.3 is 15.0 Å². The van der Waals surface area contributed by atoms with Gasteiger partial charge in [-0.1, -0.05) is 25.1 Å². The van der Waals surface area contributed by atoms with Gasteiger partial charge in [0.2, 0.25) is 5.91 Å². The SMILES string of the molecule is COCCN(C)CCCNC(=O)CC(C)c1ccccc1F. The van der Waals surface area contributed by atoms with Crippen molar-refractivity contribution in [2.24, 2.45) is 0 Å². The standard InChI is InChI=1S/C17H27FN2O2/c1-14(15-7-4-5-8-16(15)18)13-17(21)19-9-6-10-20(2)11-12-22-3/h4-5,7-8,14H,6,9-13H2,1-3H3,(H,19,21). The number of benzene rings is 1. The number of likely N-dealkylation sites (N-methyl/N-ethyl adjacent to an activating group) is 1. The van der Waals surface area contributed by atoms with Crippen LogP contribution in [0.4, 0.5) is 4.39 Å². The third-order valence-corrected chi connectivity index (χ3v) is 3.64. The lowest BCUT2D eigenvalue weighted by molar-refractivity contribution is -0.121. The van der Waals surface area contributed by atoms with Gasteiger partial charge in [0.05, 0.1) is 6.61 Å². The molecule has 124 valence electrons. The Morgan fingerprint density at radius 3 is 2.77 bits per heavy atom. The van der Waals surface area contributed by atoms with Crippen LogP contribution in [0.3, 0.4) is 0 Å². The van der Waals surface area contributed by atoms with E-state index < -0.39 is 0 Å². The molecule has 0 heterocycles. The largest absolute Gasteiger partial charge is 0.383 e. The lowest BCUT2D eigenvalue weighted by Crippen LogP contribution is -2.30. The second kappa shape index (κ2) is 10.3. The number of hydrogen-bond acceptors (Lipinski definition) is 3. The minimum absolute atomic E-state index is 0.0321. The molecule has 0 saturated carbocycles. The highest BCUT2D eigenvalue weighted by Crippen LogP contribution is 2.21. The molecule has 0 aliphatic heterocycles. The fraction of sp³-hybridized carbons (Fsp3) is 0.588. The van der Waals surface area contributed by atoms with Gasteiger partial charge in [0, 0.05) is 26.6 Å². The fourth-order valence-electron chi connectivity index (χ4n) is 2.27. The molecule has 1 amide bonds. The minimum atomic E-state index is -0.248. The third-order valence-electron chi connectivity index (χ3n) is 3.64.